The van der Waals surface area contributed by atoms with Crippen LogP contribution in [0.25, 0.3) is 0 Å². The molecule has 0 heterocycles. The maximum absolute atomic E-state index is 12.3. The van der Waals surface area contributed by atoms with Crippen LogP contribution in [-0.4, -0.2) is 17.9 Å². The van der Waals surface area contributed by atoms with E-state index in [4.69, 9.17) is 11.5 Å². The van der Waals surface area contributed by atoms with Crippen LogP contribution in [0.3, 0.4) is 0 Å². The zero-order chi connectivity index (χ0) is 14.7. The first-order chi connectivity index (χ1) is 9.49. The summed E-state index contributed by atoms with van der Waals surface area (Å²) in [4.78, 5) is 23.6. The van der Waals surface area contributed by atoms with E-state index in [1.54, 1.807) is 25.1 Å². The summed E-state index contributed by atoms with van der Waals surface area (Å²) < 4.78 is 0. The Kier molecular flexibility index (Phi) is 4.39. The Morgan fingerprint density at radius 3 is 2.70 bits per heavy atom. The summed E-state index contributed by atoms with van der Waals surface area (Å²) in [5.74, 6) is -0.557. The van der Waals surface area contributed by atoms with Crippen LogP contribution in [0.15, 0.2) is 18.2 Å². The van der Waals surface area contributed by atoms with E-state index in [9.17, 15) is 9.59 Å². The molecule has 1 aliphatic rings. The van der Waals surface area contributed by atoms with Gasteiger partial charge in [-0.25, -0.2) is 0 Å². The third-order valence-corrected chi connectivity index (χ3v) is 3.94. The molecule has 5 nitrogen and oxygen atoms in total. The number of hydrogen-bond donors (Lipinski definition) is 3. The van der Waals surface area contributed by atoms with Gasteiger partial charge >= 0.3 is 0 Å². The number of rotatable bonds is 3. The molecule has 2 atom stereocenters. The number of nitrogens with two attached hydrogens (primary N) is 2. The zero-order valence-corrected chi connectivity index (χ0v) is 11.7. The normalized spacial score (nSPS) is 22.3. The molecule has 0 saturated heterocycles. The first kappa shape index (κ1) is 14.5. The lowest BCUT2D eigenvalue weighted by Crippen LogP contribution is -2.34. The minimum atomic E-state index is -0.488. The molecule has 0 spiro atoms. The minimum Gasteiger partial charge on any atom is -0.366 e. The summed E-state index contributed by atoms with van der Waals surface area (Å²) in [5, 5.41) is 2.89. The predicted octanol–water partition coefficient (Wildman–Crippen LogP) is 1.55. The van der Waals surface area contributed by atoms with Crippen molar-refractivity contribution in [2.45, 2.75) is 38.6 Å². The van der Waals surface area contributed by atoms with Crippen molar-refractivity contribution in [1.82, 2.24) is 0 Å². The molecule has 1 aliphatic carbocycles. The quantitative estimate of drug-likeness (QED) is 0.780. The van der Waals surface area contributed by atoms with E-state index in [2.05, 4.69) is 5.32 Å². The molecule has 0 aromatic heterocycles. The Morgan fingerprint density at radius 1 is 1.30 bits per heavy atom. The molecule has 0 aliphatic heterocycles. The van der Waals surface area contributed by atoms with Crippen molar-refractivity contribution in [2.24, 2.45) is 17.4 Å². The molecule has 0 radical (unpaired) electrons. The maximum atomic E-state index is 12.3. The minimum absolute atomic E-state index is 0.0233. The van der Waals surface area contributed by atoms with E-state index in [0.29, 0.717) is 16.8 Å². The Hall–Kier alpha value is -1.88. The van der Waals surface area contributed by atoms with Gasteiger partial charge in [0.25, 0.3) is 0 Å². The molecule has 0 bridgehead atoms. The number of carbonyl (C=O) groups excluding carboxylic acids is 2. The van der Waals surface area contributed by atoms with E-state index in [1.165, 1.54) is 0 Å². The van der Waals surface area contributed by atoms with E-state index in [-0.39, 0.29) is 17.9 Å². The van der Waals surface area contributed by atoms with Gasteiger partial charge in [0.05, 0.1) is 0 Å². The third-order valence-electron chi connectivity index (χ3n) is 3.94. The average molecular weight is 275 g/mol. The summed E-state index contributed by atoms with van der Waals surface area (Å²) >= 11 is 0. The second-order valence-corrected chi connectivity index (χ2v) is 5.46. The predicted molar refractivity (Wildman–Crippen MR) is 78.3 cm³/mol. The van der Waals surface area contributed by atoms with Gasteiger partial charge in [-0.3, -0.25) is 9.59 Å². The summed E-state index contributed by atoms with van der Waals surface area (Å²) in [7, 11) is 0. The molecule has 1 fully saturated rings. The van der Waals surface area contributed by atoms with Crippen LogP contribution in [0.2, 0.25) is 0 Å². The summed E-state index contributed by atoms with van der Waals surface area (Å²) in [6, 6.07) is 5.26. The van der Waals surface area contributed by atoms with E-state index >= 15 is 0 Å². The molecule has 2 amide bonds. The highest BCUT2D eigenvalue weighted by Crippen LogP contribution is 2.26. The fraction of sp³-hybridized carbons (Fsp3) is 0.467. The largest absolute Gasteiger partial charge is 0.366 e. The van der Waals surface area contributed by atoms with Crippen molar-refractivity contribution in [3.63, 3.8) is 0 Å². The van der Waals surface area contributed by atoms with Gasteiger partial charge < -0.3 is 16.8 Å². The first-order valence-electron chi connectivity index (χ1n) is 6.95. The van der Waals surface area contributed by atoms with Crippen LogP contribution in [0, 0.1) is 12.8 Å². The van der Waals surface area contributed by atoms with Crippen LogP contribution in [0.5, 0.6) is 0 Å². The number of anilines is 1. The van der Waals surface area contributed by atoms with Crippen molar-refractivity contribution in [2.75, 3.05) is 5.32 Å². The van der Waals surface area contributed by atoms with Gasteiger partial charge in [0.1, 0.15) is 0 Å². The van der Waals surface area contributed by atoms with Crippen molar-refractivity contribution < 1.29 is 9.59 Å². The molecule has 1 aromatic carbocycles. The second-order valence-electron chi connectivity index (χ2n) is 5.46. The highest BCUT2D eigenvalue weighted by Gasteiger charge is 2.25. The van der Waals surface area contributed by atoms with Gasteiger partial charge in [-0.15, -0.1) is 0 Å². The summed E-state index contributed by atoms with van der Waals surface area (Å²) in [6.07, 6.45) is 3.56. The number of carbonyl (C=O) groups is 2. The number of amides is 2. The number of hydrogen-bond acceptors (Lipinski definition) is 3. The van der Waals surface area contributed by atoms with Gasteiger partial charge in [-0.2, -0.15) is 0 Å². The van der Waals surface area contributed by atoms with Gasteiger partial charge in [0.15, 0.2) is 0 Å². The van der Waals surface area contributed by atoms with Crippen molar-refractivity contribution in [3.8, 4) is 0 Å². The SMILES string of the molecule is Cc1c(NC(=O)C2CCCC(N)C2)cccc1C(N)=O. The molecule has 108 valence electrons. The number of primary amides is 1. The number of benzene rings is 1. The monoisotopic (exact) mass is 275 g/mol. The van der Waals surface area contributed by atoms with Crippen LogP contribution in [0.1, 0.15) is 41.6 Å². The first-order valence-corrected chi connectivity index (χ1v) is 6.95. The van der Waals surface area contributed by atoms with Gasteiger partial charge in [0.2, 0.25) is 11.8 Å². The number of nitrogens with one attached hydrogen (secondary N) is 1. The van der Waals surface area contributed by atoms with Crippen LogP contribution in [0.4, 0.5) is 5.69 Å². The highest BCUT2D eigenvalue weighted by atomic mass is 16.2. The molecule has 5 N–H and O–H groups in total. The molecule has 20 heavy (non-hydrogen) atoms. The van der Waals surface area contributed by atoms with Gasteiger partial charge in [-0.1, -0.05) is 12.5 Å². The molecule has 1 saturated carbocycles. The lowest BCUT2D eigenvalue weighted by molar-refractivity contribution is -0.120. The van der Waals surface area contributed by atoms with Crippen molar-refractivity contribution in [3.05, 3.63) is 29.3 Å². The van der Waals surface area contributed by atoms with Gasteiger partial charge in [-0.05, 0) is 43.9 Å². The molecule has 2 rings (SSSR count). The second kappa shape index (κ2) is 6.05. The fourth-order valence-corrected chi connectivity index (χ4v) is 2.74. The molecule has 2 unspecified atom stereocenters. The topological polar surface area (TPSA) is 98.2 Å². The smallest absolute Gasteiger partial charge is 0.249 e. The van der Waals surface area contributed by atoms with Crippen LogP contribution < -0.4 is 16.8 Å². The average Bonchev–Trinajstić information content (AvgIpc) is 2.40. The zero-order valence-electron chi connectivity index (χ0n) is 11.7. The Labute approximate surface area is 118 Å². The molecular weight excluding hydrogens is 254 g/mol. The molecule has 5 heteroatoms. The summed E-state index contributed by atoms with van der Waals surface area (Å²) in [6.45, 7) is 1.78. The van der Waals surface area contributed by atoms with E-state index in [1.807, 2.05) is 0 Å². The van der Waals surface area contributed by atoms with Crippen LogP contribution in [-0.2, 0) is 4.79 Å². The lowest BCUT2D eigenvalue weighted by Gasteiger charge is -2.26. The van der Waals surface area contributed by atoms with Crippen LogP contribution >= 0.6 is 0 Å². The Morgan fingerprint density at radius 2 is 2.05 bits per heavy atom. The van der Waals surface area contributed by atoms with Gasteiger partial charge in [0, 0.05) is 23.2 Å². The Balaban J connectivity index is 2.11. The van der Waals surface area contributed by atoms with Crippen molar-refractivity contribution in [1.29, 1.82) is 0 Å². The lowest BCUT2D eigenvalue weighted by atomic mass is 9.85. The maximum Gasteiger partial charge on any atom is 0.249 e. The third kappa shape index (κ3) is 3.17. The molecule has 1 aromatic rings. The highest BCUT2D eigenvalue weighted by molar-refractivity contribution is 5.99. The Bertz CT molecular complexity index is 528. The van der Waals surface area contributed by atoms with E-state index < -0.39 is 5.91 Å². The molecular formula is C15H21N3O2. The fourth-order valence-electron chi connectivity index (χ4n) is 2.74. The summed E-state index contributed by atoms with van der Waals surface area (Å²) in [5.41, 5.74) is 13.0. The van der Waals surface area contributed by atoms with Crippen molar-refractivity contribution >= 4 is 17.5 Å². The van der Waals surface area contributed by atoms with E-state index in [0.717, 1.165) is 25.7 Å². The standard InChI is InChI=1S/C15H21N3O2/c1-9-12(14(17)19)6-3-7-13(9)18-15(20)10-4-2-5-11(16)8-10/h3,6-7,10-11H,2,4-5,8,16H2,1H3,(H2,17,19)(H,18,20).